The fourth-order valence-electron chi connectivity index (χ4n) is 2.33. The lowest BCUT2D eigenvalue weighted by Crippen LogP contribution is -2.05. The van der Waals surface area contributed by atoms with E-state index in [-0.39, 0.29) is 5.97 Å². The minimum atomic E-state index is -0.264. The predicted octanol–water partition coefficient (Wildman–Crippen LogP) is 4.92. The molecule has 0 spiro atoms. The second-order valence-electron chi connectivity index (χ2n) is 5.47. The minimum absolute atomic E-state index is 0.264. The van der Waals surface area contributed by atoms with E-state index < -0.39 is 0 Å². The van der Waals surface area contributed by atoms with E-state index in [4.69, 9.17) is 4.74 Å². The summed E-state index contributed by atoms with van der Waals surface area (Å²) >= 11 is 1.49. The topological polar surface area (TPSA) is 64.1 Å². The van der Waals surface area contributed by atoms with Crippen molar-refractivity contribution in [2.45, 2.75) is 18.5 Å². The molecule has 1 N–H and O–H groups in total. The highest BCUT2D eigenvalue weighted by atomic mass is 32.2. The molecule has 2 aromatic carbocycles. The summed E-state index contributed by atoms with van der Waals surface area (Å²) in [5.41, 5.74) is 2.66. The number of nitrogens with one attached hydrogen (secondary N) is 1. The number of hydrogen-bond donors (Lipinski definition) is 1. The van der Waals surface area contributed by atoms with Crippen LogP contribution in [0.3, 0.4) is 0 Å². The van der Waals surface area contributed by atoms with Crippen molar-refractivity contribution in [3.05, 3.63) is 60.7 Å². The SMILES string of the molecule is CCC(=O)Oc1cccc(Nc2cc(-c3ccccc3)nc(SC)n2)c1. The summed E-state index contributed by atoms with van der Waals surface area (Å²) in [6, 6.07) is 19.1. The van der Waals surface area contributed by atoms with Gasteiger partial charge in [0.2, 0.25) is 0 Å². The molecule has 3 rings (SSSR count). The van der Waals surface area contributed by atoms with E-state index in [2.05, 4.69) is 15.3 Å². The van der Waals surface area contributed by atoms with Crippen LogP contribution in [0.2, 0.25) is 0 Å². The van der Waals surface area contributed by atoms with Crippen molar-refractivity contribution in [1.29, 1.82) is 0 Å². The standard InChI is InChI=1S/C20H19N3O2S/c1-3-19(24)25-16-11-7-10-15(12-16)21-18-13-17(22-20(23-18)26-2)14-8-5-4-6-9-14/h4-13H,3H2,1-2H3,(H,21,22,23). The maximum Gasteiger partial charge on any atom is 0.310 e. The first kappa shape index (κ1) is 17.9. The summed E-state index contributed by atoms with van der Waals surface area (Å²) in [6.45, 7) is 1.76. The molecule has 0 aliphatic carbocycles. The molecule has 0 saturated carbocycles. The predicted molar refractivity (Wildman–Crippen MR) is 105 cm³/mol. The van der Waals surface area contributed by atoms with Crippen molar-refractivity contribution in [2.24, 2.45) is 0 Å². The minimum Gasteiger partial charge on any atom is -0.426 e. The largest absolute Gasteiger partial charge is 0.426 e. The van der Waals surface area contributed by atoms with E-state index >= 15 is 0 Å². The van der Waals surface area contributed by atoms with E-state index in [1.807, 2.05) is 54.8 Å². The first-order valence-corrected chi connectivity index (χ1v) is 9.46. The lowest BCUT2D eigenvalue weighted by atomic mass is 10.1. The van der Waals surface area contributed by atoms with Crippen LogP contribution in [0.5, 0.6) is 5.75 Å². The summed E-state index contributed by atoms with van der Waals surface area (Å²) < 4.78 is 5.26. The molecule has 0 fully saturated rings. The highest BCUT2D eigenvalue weighted by Gasteiger charge is 2.08. The van der Waals surface area contributed by atoms with Crippen LogP contribution in [-0.4, -0.2) is 22.2 Å². The van der Waals surface area contributed by atoms with Crippen LogP contribution in [-0.2, 0) is 4.79 Å². The van der Waals surface area contributed by atoms with Crippen LogP contribution >= 0.6 is 11.8 Å². The molecule has 132 valence electrons. The van der Waals surface area contributed by atoms with Gasteiger partial charge < -0.3 is 10.1 Å². The Hall–Kier alpha value is -2.86. The Morgan fingerprint density at radius 2 is 1.88 bits per heavy atom. The van der Waals surface area contributed by atoms with Crippen molar-refractivity contribution < 1.29 is 9.53 Å². The zero-order valence-electron chi connectivity index (χ0n) is 14.6. The van der Waals surface area contributed by atoms with Crippen molar-refractivity contribution in [2.75, 3.05) is 11.6 Å². The third-order valence-electron chi connectivity index (χ3n) is 3.58. The molecule has 6 heteroatoms. The van der Waals surface area contributed by atoms with E-state index in [0.29, 0.717) is 23.1 Å². The van der Waals surface area contributed by atoms with E-state index in [9.17, 15) is 4.79 Å². The Labute approximate surface area is 156 Å². The lowest BCUT2D eigenvalue weighted by molar-refractivity contribution is -0.134. The van der Waals surface area contributed by atoms with Gasteiger partial charge in [0.15, 0.2) is 5.16 Å². The van der Waals surface area contributed by atoms with Gasteiger partial charge in [-0.1, -0.05) is 55.1 Å². The van der Waals surface area contributed by atoms with Gasteiger partial charge in [0.1, 0.15) is 11.6 Å². The quantitative estimate of drug-likeness (QED) is 0.289. The number of esters is 1. The second kappa shape index (κ2) is 8.49. The van der Waals surface area contributed by atoms with Crippen molar-refractivity contribution >= 4 is 29.2 Å². The Morgan fingerprint density at radius 1 is 1.08 bits per heavy atom. The summed E-state index contributed by atoms with van der Waals surface area (Å²) in [6.07, 6.45) is 2.28. The molecule has 5 nitrogen and oxygen atoms in total. The van der Waals surface area contributed by atoms with Crippen LogP contribution in [0.15, 0.2) is 65.8 Å². The Bertz CT molecular complexity index is 901. The van der Waals surface area contributed by atoms with Crippen LogP contribution in [0.25, 0.3) is 11.3 Å². The molecule has 0 aliphatic rings. The van der Waals surface area contributed by atoms with Crippen molar-refractivity contribution in [1.82, 2.24) is 9.97 Å². The number of rotatable bonds is 6. The van der Waals surface area contributed by atoms with Crippen LogP contribution in [0, 0.1) is 0 Å². The van der Waals surface area contributed by atoms with Gasteiger partial charge in [-0.15, -0.1) is 0 Å². The fourth-order valence-corrected chi connectivity index (χ4v) is 2.71. The molecule has 0 atom stereocenters. The highest BCUT2D eigenvalue weighted by Crippen LogP contribution is 2.26. The Balaban J connectivity index is 1.88. The van der Waals surface area contributed by atoms with Gasteiger partial charge >= 0.3 is 5.97 Å². The molecule has 0 aliphatic heterocycles. The normalized spacial score (nSPS) is 10.4. The molecule has 0 amide bonds. The van der Waals surface area contributed by atoms with Gasteiger partial charge in [0, 0.05) is 29.8 Å². The Kier molecular flexibility index (Phi) is 5.86. The number of carbonyl (C=O) groups is 1. The summed E-state index contributed by atoms with van der Waals surface area (Å²) in [4.78, 5) is 20.6. The summed E-state index contributed by atoms with van der Waals surface area (Å²) in [5.74, 6) is 0.923. The molecule has 0 bridgehead atoms. The number of anilines is 2. The average Bonchev–Trinajstić information content (AvgIpc) is 2.68. The molecule has 26 heavy (non-hydrogen) atoms. The van der Waals surface area contributed by atoms with Gasteiger partial charge in [0.25, 0.3) is 0 Å². The van der Waals surface area contributed by atoms with Crippen LogP contribution in [0.1, 0.15) is 13.3 Å². The molecule has 1 aromatic heterocycles. The van der Waals surface area contributed by atoms with Crippen molar-refractivity contribution in [3.8, 4) is 17.0 Å². The molecular weight excluding hydrogens is 346 g/mol. The van der Waals surface area contributed by atoms with E-state index in [1.54, 1.807) is 19.1 Å². The average molecular weight is 365 g/mol. The number of ether oxygens (including phenoxy) is 1. The third kappa shape index (κ3) is 4.61. The summed E-state index contributed by atoms with van der Waals surface area (Å²) in [5, 5.41) is 3.95. The van der Waals surface area contributed by atoms with E-state index in [1.165, 1.54) is 11.8 Å². The first-order valence-electron chi connectivity index (χ1n) is 8.24. The van der Waals surface area contributed by atoms with Gasteiger partial charge in [-0.05, 0) is 18.4 Å². The monoisotopic (exact) mass is 365 g/mol. The number of nitrogens with zero attached hydrogens (tertiary/aromatic N) is 2. The molecular formula is C20H19N3O2S. The smallest absolute Gasteiger partial charge is 0.310 e. The number of hydrogen-bond acceptors (Lipinski definition) is 6. The van der Waals surface area contributed by atoms with Gasteiger partial charge in [-0.3, -0.25) is 4.79 Å². The fraction of sp³-hybridized carbons (Fsp3) is 0.150. The van der Waals surface area contributed by atoms with Crippen LogP contribution < -0.4 is 10.1 Å². The van der Waals surface area contributed by atoms with Gasteiger partial charge in [-0.2, -0.15) is 0 Å². The maximum atomic E-state index is 11.5. The Morgan fingerprint density at radius 3 is 2.62 bits per heavy atom. The molecule has 3 aromatic rings. The van der Waals surface area contributed by atoms with E-state index in [0.717, 1.165) is 16.9 Å². The molecule has 0 saturated heterocycles. The van der Waals surface area contributed by atoms with Gasteiger partial charge in [-0.25, -0.2) is 9.97 Å². The molecule has 0 radical (unpaired) electrons. The maximum absolute atomic E-state index is 11.5. The molecule has 0 unspecified atom stereocenters. The third-order valence-corrected chi connectivity index (χ3v) is 4.13. The van der Waals surface area contributed by atoms with Crippen molar-refractivity contribution in [3.63, 3.8) is 0 Å². The number of aromatic nitrogens is 2. The second-order valence-corrected chi connectivity index (χ2v) is 6.25. The van der Waals surface area contributed by atoms with Gasteiger partial charge in [0.05, 0.1) is 5.69 Å². The lowest BCUT2D eigenvalue weighted by Gasteiger charge is -2.10. The zero-order chi connectivity index (χ0) is 18.4. The summed E-state index contributed by atoms with van der Waals surface area (Å²) in [7, 11) is 0. The molecule has 1 heterocycles. The highest BCUT2D eigenvalue weighted by molar-refractivity contribution is 7.98. The van der Waals surface area contributed by atoms with Crippen LogP contribution in [0.4, 0.5) is 11.5 Å². The number of carbonyl (C=O) groups excluding carboxylic acids is 1. The number of thioether (sulfide) groups is 1. The first-order chi connectivity index (χ1) is 12.7. The zero-order valence-corrected chi connectivity index (χ0v) is 15.4. The number of benzene rings is 2.